The third kappa shape index (κ3) is 7.47. The van der Waals surface area contributed by atoms with Crippen LogP contribution >= 0.6 is 0 Å². The van der Waals surface area contributed by atoms with Gasteiger partial charge in [-0.05, 0) is 19.5 Å². The van der Waals surface area contributed by atoms with Crippen molar-refractivity contribution >= 4 is 10.8 Å². The van der Waals surface area contributed by atoms with Gasteiger partial charge in [-0.1, -0.05) is 20.3 Å². The van der Waals surface area contributed by atoms with Gasteiger partial charge in [-0.25, -0.2) is 0 Å². The molecule has 1 aliphatic rings. The summed E-state index contributed by atoms with van der Waals surface area (Å²) in [5.74, 6) is 1.70. The minimum atomic E-state index is -0.539. The minimum absolute atomic E-state index is 0.539. The van der Waals surface area contributed by atoms with Gasteiger partial charge < -0.3 is 10.6 Å². The van der Waals surface area contributed by atoms with Crippen molar-refractivity contribution in [2.75, 3.05) is 37.7 Å². The Morgan fingerprint density at radius 1 is 1.29 bits per heavy atom. The van der Waals surface area contributed by atoms with Gasteiger partial charge in [-0.2, -0.15) is 0 Å². The fourth-order valence-corrected chi connectivity index (χ4v) is 2.34. The Hall–Kier alpha value is 0.0700. The van der Waals surface area contributed by atoms with E-state index in [2.05, 4.69) is 18.7 Å². The van der Waals surface area contributed by atoms with E-state index in [9.17, 15) is 4.21 Å². The van der Waals surface area contributed by atoms with Crippen LogP contribution in [0.15, 0.2) is 0 Å². The molecule has 3 nitrogen and oxygen atoms in total. The van der Waals surface area contributed by atoms with Crippen LogP contribution in [-0.4, -0.2) is 46.8 Å². The van der Waals surface area contributed by atoms with Gasteiger partial charge in [0.1, 0.15) is 0 Å². The lowest BCUT2D eigenvalue weighted by molar-refractivity contribution is 0.297. The molecule has 1 rings (SSSR count). The average Bonchev–Trinajstić information content (AvgIpc) is 2.18. The highest BCUT2D eigenvalue weighted by Crippen LogP contribution is 1.99. The van der Waals surface area contributed by atoms with Gasteiger partial charge in [0.2, 0.25) is 0 Å². The number of nitrogens with zero attached hydrogens (tertiary/aromatic N) is 1. The van der Waals surface area contributed by atoms with Crippen LogP contribution in [0.5, 0.6) is 0 Å². The van der Waals surface area contributed by atoms with Crippen LogP contribution in [0.2, 0.25) is 0 Å². The summed E-state index contributed by atoms with van der Waals surface area (Å²) in [4.78, 5) is 2.34. The molecule has 1 heterocycles. The SMILES string of the molecule is CCC.NCCCN1CCS(=O)CC1. The molecule has 0 spiro atoms. The molecule has 0 saturated carbocycles. The molecule has 0 aliphatic carbocycles. The quantitative estimate of drug-likeness (QED) is 0.766. The van der Waals surface area contributed by atoms with Crippen LogP contribution in [0.1, 0.15) is 26.7 Å². The van der Waals surface area contributed by atoms with Crippen molar-refractivity contribution in [2.24, 2.45) is 5.73 Å². The van der Waals surface area contributed by atoms with E-state index < -0.39 is 10.8 Å². The largest absolute Gasteiger partial charge is 0.330 e. The summed E-state index contributed by atoms with van der Waals surface area (Å²) in [5.41, 5.74) is 5.39. The summed E-state index contributed by atoms with van der Waals surface area (Å²) in [5, 5.41) is 0. The van der Waals surface area contributed by atoms with Crippen LogP contribution in [0.25, 0.3) is 0 Å². The van der Waals surface area contributed by atoms with E-state index in [0.717, 1.165) is 44.1 Å². The summed E-state index contributed by atoms with van der Waals surface area (Å²) in [6.07, 6.45) is 2.31. The van der Waals surface area contributed by atoms with E-state index >= 15 is 0 Å². The Bertz CT molecular complexity index is 143. The second-order valence-corrected chi connectivity index (χ2v) is 5.24. The van der Waals surface area contributed by atoms with Crippen molar-refractivity contribution in [2.45, 2.75) is 26.7 Å². The smallest absolute Gasteiger partial charge is 0.0363 e. The Balaban J connectivity index is 0.000000500. The summed E-state index contributed by atoms with van der Waals surface area (Å²) in [6.45, 7) is 8.08. The molecule has 0 atom stereocenters. The van der Waals surface area contributed by atoms with Crippen LogP contribution in [-0.2, 0) is 10.8 Å². The monoisotopic (exact) mass is 220 g/mol. The Labute approximate surface area is 90.5 Å². The Morgan fingerprint density at radius 2 is 1.79 bits per heavy atom. The summed E-state index contributed by atoms with van der Waals surface area (Å²) >= 11 is 0. The molecular weight excluding hydrogens is 196 g/mol. The molecule has 14 heavy (non-hydrogen) atoms. The normalized spacial score (nSPS) is 18.8. The van der Waals surface area contributed by atoms with Gasteiger partial charge in [-0.3, -0.25) is 4.21 Å². The molecule has 1 saturated heterocycles. The molecule has 4 heteroatoms. The lowest BCUT2D eigenvalue weighted by Gasteiger charge is -2.25. The standard InChI is InChI=1S/C7H16N2OS.C3H8/c8-2-1-3-9-4-6-11(10)7-5-9;1-3-2/h1-8H2;3H2,1-2H3. The highest BCUT2D eigenvalue weighted by atomic mass is 32.2. The maximum absolute atomic E-state index is 10.9. The van der Waals surface area contributed by atoms with E-state index in [1.54, 1.807) is 0 Å². The fraction of sp³-hybridized carbons (Fsp3) is 1.00. The molecule has 0 unspecified atom stereocenters. The zero-order chi connectivity index (χ0) is 10.8. The molecule has 0 amide bonds. The third-order valence-electron chi connectivity index (χ3n) is 1.95. The van der Waals surface area contributed by atoms with Gasteiger partial charge in [0.05, 0.1) is 0 Å². The molecule has 0 aromatic heterocycles. The zero-order valence-corrected chi connectivity index (χ0v) is 10.3. The van der Waals surface area contributed by atoms with E-state index in [4.69, 9.17) is 5.73 Å². The molecule has 0 radical (unpaired) electrons. The zero-order valence-electron chi connectivity index (χ0n) is 9.50. The van der Waals surface area contributed by atoms with Crippen LogP contribution in [0.3, 0.4) is 0 Å². The average molecular weight is 220 g/mol. The van der Waals surface area contributed by atoms with Crippen molar-refractivity contribution in [3.63, 3.8) is 0 Å². The maximum Gasteiger partial charge on any atom is 0.0363 e. The number of rotatable bonds is 3. The summed E-state index contributed by atoms with van der Waals surface area (Å²) < 4.78 is 10.9. The predicted octanol–water partition coefficient (Wildman–Crippen LogP) is 0.816. The van der Waals surface area contributed by atoms with E-state index in [-0.39, 0.29) is 0 Å². The number of hydrogen-bond acceptors (Lipinski definition) is 3. The first-order chi connectivity index (χ1) is 6.74. The Kier molecular flexibility index (Phi) is 9.67. The van der Waals surface area contributed by atoms with Crippen LogP contribution in [0, 0.1) is 0 Å². The Morgan fingerprint density at radius 3 is 2.21 bits per heavy atom. The van der Waals surface area contributed by atoms with Crippen LogP contribution < -0.4 is 5.73 Å². The third-order valence-corrected chi connectivity index (χ3v) is 3.22. The number of nitrogens with two attached hydrogens (primary N) is 1. The molecule has 0 aromatic rings. The molecule has 1 aliphatic heterocycles. The highest BCUT2D eigenvalue weighted by molar-refractivity contribution is 7.85. The molecule has 86 valence electrons. The molecular formula is C10H24N2OS. The first-order valence-electron chi connectivity index (χ1n) is 5.52. The van der Waals surface area contributed by atoms with Crippen molar-refractivity contribution < 1.29 is 4.21 Å². The van der Waals surface area contributed by atoms with E-state index in [1.165, 1.54) is 6.42 Å². The first kappa shape index (κ1) is 14.1. The van der Waals surface area contributed by atoms with Crippen LogP contribution in [0.4, 0.5) is 0 Å². The van der Waals surface area contributed by atoms with Gasteiger partial charge in [0, 0.05) is 35.4 Å². The number of hydrogen-bond donors (Lipinski definition) is 1. The fourth-order valence-electron chi connectivity index (χ4n) is 1.21. The van der Waals surface area contributed by atoms with Crippen molar-refractivity contribution in [3.8, 4) is 0 Å². The predicted molar refractivity (Wildman–Crippen MR) is 64.0 cm³/mol. The van der Waals surface area contributed by atoms with E-state index in [0.29, 0.717) is 0 Å². The lowest BCUT2D eigenvalue weighted by atomic mass is 10.4. The minimum Gasteiger partial charge on any atom is -0.330 e. The first-order valence-corrected chi connectivity index (χ1v) is 7.00. The van der Waals surface area contributed by atoms with Crippen molar-refractivity contribution in [1.29, 1.82) is 0 Å². The van der Waals surface area contributed by atoms with Crippen molar-refractivity contribution in [3.05, 3.63) is 0 Å². The molecule has 2 N–H and O–H groups in total. The topological polar surface area (TPSA) is 46.3 Å². The van der Waals surface area contributed by atoms with Gasteiger partial charge >= 0.3 is 0 Å². The maximum atomic E-state index is 10.9. The summed E-state index contributed by atoms with van der Waals surface area (Å²) in [7, 11) is -0.539. The van der Waals surface area contributed by atoms with Crippen molar-refractivity contribution in [1.82, 2.24) is 4.90 Å². The lowest BCUT2D eigenvalue weighted by Crippen LogP contribution is -2.38. The van der Waals surface area contributed by atoms with E-state index in [1.807, 2.05) is 0 Å². The molecule has 0 bridgehead atoms. The van der Waals surface area contributed by atoms with Gasteiger partial charge in [0.25, 0.3) is 0 Å². The van der Waals surface area contributed by atoms with Gasteiger partial charge in [-0.15, -0.1) is 0 Å². The highest BCUT2D eigenvalue weighted by Gasteiger charge is 2.13. The molecule has 0 aromatic carbocycles. The second-order valence-electron chi connectivity index (χ2n) is 3.54. The molecule has 1 fully saturated rings. The van der Waals surface area contributed by atoms with Gasteiger partial charge in [0.15, 0.2) is 0 Å². The summed E-state index contributed by atoms with van der Waals surface area (Å²) in [6, 6.07) is 0. The second kappa shape index (κ2) is 9.62.